The molecule has 2 aromatic heterocycles. The number of hydrogen-bond acceptors (Lipinski definition) is 7. The maximum absolute atomic E-state index is 15.0. The Bertz CT molecular complexity index is 4010. The minimum Gasteiger partial charge on any atom is -0.455 e. The molecule has 0 aliphatic carbocycles. The number of ether oxygens (including phenoxy) is 2. The third-order valence-electron chi connectivity index (χ3n) is 12.7. The van der Waals surface area contributed by atoms with Gasteiger partial charge in [-0.2, -0.15) is 13.2 Å². The molecular formula is C59H33F6NO7. The van der Waals surface area contributed by atoms with Gasteiger partial charge < -0.3 is 13.9 Å². The number of fused-ring (bicyclic) bond motifs is 2. The largest absolute Gasteiger partial charge is 0.573 e. The van der Waals surface area contributed by atoms with Crippen LogP contribution in [0.2, 0.25) is 0 Å². The fraction of sp³-hybridized carbons (Fsp3) is 0.0508. The predicted molar refractivity (Wildman–Crippen MR) is 266 cm³/mol. The van der Waals surface area contributed by atoms with Crippen LogP contribution in [0.4, 0.5) is 26.3 Å². The number of para-hydroxylation sites is 1. The molecule has 0 spiro atoms. The molecule has 9 aromatic carbocycles. The van der Waals surface area contributed by atoms with Crippen molar-refractivity contribution in [3.63, 3.8) is 0 Å². The van der Waals surface area contributed by atoms with Crippen LogP contribution in [0.25, 0.3) is 93.7 Å². The van der Waals surface area contributed by atoms with Crippen molar-refractivity contribution in [1.82, 2.24) is 4.57 Å². The molecule has 8 nitrogen and oxygen atoms in total. The molecule has 0 fully saturated rings. The van der Waals surface area contributed by atoms with Gasteiger partial charge in [-0.15, -0.1) is 13.2 Å². The number of benzene rings is 9. The quantitative estimate of drug-likeness (QED) is 0.0336. The van der Waals surface area contributed by atoms with E-state index in [1.807, 2.05) is 60.7 Å². The summed E-state index contributed by atoms with van der Waals surface area (Å²) in [6.45, 7) is 0. The summed E-state index contributed by atoms with van der Waals surface area (Å²) in [6, 6.07) is 47.0. The maximum Gasteiger partial charge on any atom is 0.573 e. The van der Waals surface area contributed by atoms with Gasteiger partial charge >= 0.3 is 18.5 Å². The van der Waals surface area contributed by atoms with Gasteiger partial charge in [-0.3, -0.25) is 19.2 Å². The van der Waals surface area contributed by atoms with Gasteiger partial charge in [-0.05, 0) is 111 Å². The first-order valence-corrected chi connectivity index (χ1v) is 22.5. The number of halogens is 6. The van der Waals surface area contributed by atoms with E-state index >= 15 is 0 Å². The molecule has 11 aromatic rings. The number of aromatic nitrogens is 1. The number of carbonyl (C=O) groups is 2. The molecule has 358 valence electrons. The Hall–Kier alpha value is -9.30. The third-order valence-corrected chi connectivity index (χ3v) is 12.7. The Morgan fingerprint density at radius 2 is 1.07 bits per heavy atom. The molecule has 73 heavy (non-hydrogen) atoms. The molecule has 0 amide bonds. The lowest BCUT2D eigenvalue weighted by atomic mass is 9.87. The van der Waals surface area contributed by atoms with E-state index in [0.717, 1.165) is 46.2 Å². The van der Waals surface area contributed by atoms with E-state index < -0.39 is 40.9 Å². The number of alkyl halides is 6. The zero-order valence-electron chi connectivity index (χ0n) is 37.7. The van der Waals surface area contributed by atoms with Crippen molar-refractivity contribution >= 4 is 55.7 Å². The molecule has 0 radical (unpaired) electrons. The Balaban J connectivity index is 1.04. The second kappa shape index (κ2) is 17.8. The number of esters is 1. The summed E-state index contributed by atoms with van der Waals surface area (Å²) in [5, 5.41) is 1.52. The number of rotatable bonds is 10. The van der Waals surface area contributed by atoms with Crippen LogP contribution in [0.15, 0.2) is 196 Å². The van der Waals surface area contributed by atoms with Gasteiger partial charge in [0.25, 0.3) is 11.1 Å². The van der Waals surface area contributed by atoms with Crippen LogP contribution in [0.3, 0.4) is 0 Å². The summed E-state index contributed by atoms with van der Waals surface area (Å²) in [5.74, 6) is -0.938. The van der Waals surface area contributed by atoms with Crippen LogP contribution in [0.5, 0.6) is 11.5 Å². The van der Waals surface area contributed by atoms with Gasteiger partial charge in [0.15, 0.2) is 6.29 Å². The Morgan fingerprint density at radius 1 is 0.534 bits per heavy atom. The van der Waals surface area contributed by atoms with Gasteiger partial charge in [0, 0.05) is 43.4 Å². The van der Waals surface area contributed by atoms with Gasteiger partial charge in [-0.25, -0.2) is 4.57 Å². The van der Waals surface area contributed by atoms with Gasteiger partial charge in [0.05, 0.1) is 17.7 Å². The van der Waals surface area contributed by atoms with Crippen LogP contribution in [-0.4, -0.2) is 23.2 Å². The number of aldehydes is 1. The van der Waals surface area contributed by atoms with Crippen molar-refractivity contribution in [1.29, 1.82) is 0 Å². The van der Waals surface area contributed by atoms with E-state index in [2.05, 4.69) is 4.74 Å². The minimum absolute atomic E-state index is 0.0194. The van der Waals surface area contributed by atoms with Crippen LogP contribution < -0.4 is 20.6 Å². The van der Waals surface area contributed by atoms with Crippen LogP contribution in [0.1, 0.15) is 21.5 Å². The van der Waals surface area contributed by atoms with Crippen LogP contribution >= 0.6 is 0 Å². The molecule has 14 heteroatoms. The molecule has 0 aliphatic rings. The summed E-state index contributed by atoms with van der Waals surface area (Å²) < 4.78 is 98.7. The Kier molecular flexibility index (Phi) is 11.3. The average Bonchev–Trinajstić information content (AvgIpc) is 3.38. The van der Waals surface area contributed by atoms with Crippen molar-refractivity contribution in [3.05, 3.63) is 219 Å². The monoisotopic (exact) mass is 981 g/mol. The second-order valence-electron chi connectivity index (χ2n) is 17.2. The summed E-state index contributed by atoms with van der Waals surface area (Å²) in [4.78, 5) is 56.1. The van der Waals surface area contributed by atoms with E-state index in [1.54, 1.807) is 54.6 Å². The van der Waals surface area contributed by atoms with Gasteiger partial charge in [-0.1, -0.05) is 115 Å². The maximum atomic E-state index is 15.0. The van der Waals surface area contributed by atoms with E-state index in [1.165, 1.54) is 42.5 Å². The van der Waals surface area contributed by atoms with Crippen molar-refractivity contribution in [2.24, 2.45) is 0 Å². The number of nitrogens with zero attached hydrogens (tertiary/aromatic N) is 1. The van der Waals surface area contributed by atoms with Gasteiger partial charge in [0.2, 0.25) is 0 Å². The fourth-order valence-corrected chi connectivity index (χ4v) is 9.51. The number of carbonyl (C=O) groups excluding carboxylic acids is 2. The van der Waals surface area contributed by atoms with Crippen molar-refractivity contribution in [2.75, 3.05) is 0 Å². The zero-order valence-corrected chi connectivity index (χ0v) is 37.7. The average molecular weight is 982 g/mol. The van der Waals surface area contributed by atoms with E-state index in [9.17, 15) is 45.5 Å². The lowest BCUT2D eigenvalue weighted by Gasteiger charge is -2.20. The van der Waals surface area contributed by atoms with E-state index in [0.29, 0.717) is 49.7 Å². The highest BCUT2D eigenvalue weighted by atomic mass is 19.4. The molecule has 0 aliphatic heterocycles. The zero-order chi connectivity index (χ0) is 50.8. The summed E-state index contributed by atoms with van der Waals surface area (Å²) in [7, 11) is 0. The molecule has 0 saturated heterocycles. The van der Waals surface area contributed by atoms with Gasteiger partial charge in [0.1, 0.15) is 22.7 Å². The molecule has 0 N–H and O–H groups in total. The minimum atomic E-state index is -4.97. The fourth-order valence-electron chi connectivity index (χ4n) is 9.51. The topological polar surface area (TPSA) is 105 Å². The smallest absolute Gasteiger partial charge is 0.455 e. The first-order chi connectivity index (χ1) is 35.1. The molecule has 0 unspecified atom stereocenters. The molecule has 0 saturated carbocycles. The highest BCUT2D eigenvalue weighted by molar-refractivity contribution is 6.32. The first kappa shape index (κ1) is 46.1. The summed E-state index contributed by atoms with van der Waals surface area (Å²) in [6.07, 6.45) is -9.08. The molecule has 0 bridgehead atoms. The van der Waals surface area contributed by atoms with Crippen molar-refractivity contribution in [3.8, 4) is 61.7 Å². The Labute approximate surface area is 408 Å². The highest BCUT2D eigenvalue weighted by Crippen LogP contribution is 2.47. The SMILES string of the molecule is O=Cc1c(-c2ccccc2)cc(OC(=O)Cc2ccc(-n3c(=O)c4cc(-c5ccc(C(F)(F)F)cc5)c5oc6ccccc6c6c(-c7ccc(OC(F)(F)F)cc7)cc(c3=O)c4c56)cc2)cc1-c1ccccc1. The predicted octanol–water partition coefficient (Wildman–Crippen LogP) is 14.4. The normalized spacial score (nSPS) is 12.0. The summed E-state index contributed by atoms with van der Waals surface area (Å²) >= 11 is 0. The number of pyridine rings is 1. The summed E-state index contributed by atoms with van der Waals surface area (Å²) in [5.41, 5.74) is 2.86. The lowest BCUT2D eigenvalue weighted by Crippen LogP contribution is -2.32. The molecule has 2 heterocycles. The third kappa shape index (κ3) is 8.52. The number of hydrogen-bond donors (Lipinski definition) is 0. The standard InChI is InChI=1S/C59H33F6NO7/c60-58(61,62)38-21-17-37(18-22-38)46-31-48-53-47(30-45(36-19-25-40(26-20-36)73-59(63,64)65)52-42-13-7-8-14-50(42)72-55(46)54(52)53)56(69)66(57(48)70)39-23-15-33(16-24-39)27-51(68)71-41-28-43(34-9-3-1-4-10-34)49(32-67)44(29-41)35-11-5-2-6-12-35/h1-26,28-32H,27H2. The lowest BCUT2D eigenvalue weighted by molar-refractivity contribution is -0.274. The van der Waals surface area contributed by atoms with Crippen LogP contribution in [0, 0.1) is 0 Å². The van der Waals surface area contributed by atoms with Crippen molar-refractivity contribution < 1.29 is 49.8 Å². The molecule has 0 atom stereocenters. The van der Waals surface area contributed by atoms with Crippen molar-refractivity contribution in [2.45, 2.75) is 19.0 Å². The molecule has 11 rings (SSSR count). The van der Waals surface area contributed by atoms with E-state index in [-0.39, 0.29) is 56.1 Å². The van der Waals surface area contributed by atoms with Crippen LogP contribution in [-0.2, 0) is 17.4 Å². The Morgan fingerprint density at radius 3 is 1.64 bits per heavy atom. The highest BCUT2D eigenvalue weighted by Gasteiger charge is 2.32. The van der Waals surface area contributed by atoms with E-state index in [4.69, 9.17) is 9.15 Å². The second-order valence-corrected chi connectivity index (χ2v) is 17.2. The molecular weight excluding hydrogens is 949 g/mol. The first-order valence-electron chi connectivity index (χ1n) is 22.5.